The highest BCUT2D eigenvalue weighted by atomic mass is 16.5. The van der Waals surface area contributed by atoms with Gasteiger partial charge in [-0.15, -0.1) is 0 Å². The number of hydrogen-bond acceptors (Lipinski definition) is 6. The zero-order chi connectivity index (χ0) is 11.5. The maximum Gasteiger partial charge on any atom is 0.261 e. The molecule has 1 N–H and O–H groups in total. The van der Waals surface area contributed by atoms with E-state index in [1.165, 1.54) is 7.11 Å². The van der Waals surface area contributed by atoms with Crippen molar-refractivity contribution in [3.8, 4) is 17.2 Å². The van der Waals surface area contributed by atoms with Crippen molar-refractivity contribution < 1.29 is 14.4 Å². The predicted octanol–water partition coefficient (Wildman–Crippen LogP) is 1.19. The Morgan fingerprint density at radius 2 is 2.31 bits per heavy atom. The molecule has 0 amide bonds. The van der Waals surface area contributed by atoms with Crippen LogP contribution in [-0.4, -0.2) is 27.3 Å². The molecule has 1 unspecified atom stereocenters. The van der Waals surface area contributed by atoms with E-state index in [2.05, 4.69) is 15.1 Å². The second kappa shape index (κ2) is 4.28. The van der Waals surface area contributed by atoms with E-state index in [1.54, 1.807) is 25.4 Å². The van der Waals surface area contributed by atoms with Crippen molar-refractivity contribution in [2.24, 2.45) is 0 Å². The first-order chi connectivity index (χ1) is 7.72. The van der Waals surface area contributed by atoms with Crippen LogP contribution in [0.25, 0.3) is 11.5 Å². The van der Waals surface area contributed by atoms with Crippen LogP contribution in [0.15, 0.2) is 23.0 Å². The zero-order valence-electron chi connectivity index (χ0n) is 8.91. The van der Waals surface area contributed by atoms with E-state index >= 15 is 0 Å². The Bertz CT molecular complexity index is 482. The largest absolute Gasteiger partial charge is 0.494 e. The van der Waals surface area contributed by atoms with Gasteiger partial charge in [-0.05, 0) is 13.0 Å². The fourth-order valence-corrected chi connectivity index (χ4v) is 1.23. The van der Waals surface area contributed by atoms with Gasteiger partial charge in [0.05, 0.1) is 18.9 Å². The molecule has 0 fully saturated rings. The van der Waals surface area contributed by atoms with Crippen LogP contribution < -0.4 is 4.74 Å². The lowest BCUT2D eigenvalue weighted by molar-refractivity contribution is 0.184. The smallest absolute Gasteiger partial charge is 0.261 e. The molecule has 6 heteroatoms. The van der Waals surface area contributed by atoms with Crippen molar-refractivity contribution in [2.75, 3.05) is 7.11 Å². The average Bonchev–Trinajstić information content (AvgIpc) is 2.78. The third kappa shape index (κ3) is 1.87. The average molecular weight is 221 g/mol. The van der Waals surface area contributed by atoms with Gasteiger partial charge in [-0.1, -0.05) is 5.16 Å². The molecular weight excluding hydrogens is 210 g/mol. The fraction of sp³-hybridized carbons (Fsp3) is 0.300. The van der Waals surface area contributed by atoms with E-state index in [0.29, 0.717) is 17.2 Å². The highest BCUT2D eigenvalue weighted by Crippen LogP contribution is 2.27. The summed E-state index contributed by atoms with van der Waals surface area (Å²) >= 11 is 0. The molecule has 0 aliphatic heterocycles. The second-order valence-corrected chi connectivity index (χ2v) is 3.21. The molecule has 2 heterocycles. The van der Waals surface area contributed by atoms with Gasteiger partial charge in [-0.25, -0.2) is 0 Å². The van der Waals surface area contributed by atoms with Crippen LogP contribution in [0.5, 0.6) is 5.75 Å². The van der Waals surface area contributed by atoms with Crippen molar-refractivity contribution in [2.45, 2.75) is 13.0 Å². The summed E-state index contributed by atoms with van der Waals surface area (Å²) in [5.74, 6) is 1.09. The first kappa shape index (κ1) is 10.6. The third-order valence-corrected chi connectivity index (χ3v) is 2.05. The van der Waals surface area contributed by atoms with Crippen molar-refractivity contribution >= 4 is 0 Å². The van der Waals surface area contributed by atoms with Crippen LogP contribution in [0, 0.1) is 0 Å². The number of methoxy groups -OCH3 is 1. The molecule has 6 nitrogen and oxygen atoms in total. The van der Waals surface area contributed by atoms with Gasteiger partial charge in [-0.3, -0.25) is 4.98 Å². The molecule has 16 heavy (non-hydrogen) atoms. The molecule has 2 aromatic heterocycles. The minimum absolute atomic E-state index is 0.244. The Kier molecular flexibility index (Phi) is 2.82. The molecule has 0 aliphatic rings. The number of rotatable bonds is 3. The molecule has 2 aromatic rings. The van der Waals surface area contributed by atoms with Crippen molar-refractivity contribution in [1.82, 2.24) is 15.1 Å². The molecule has 0 aromatic carbocycles. The first-order valence-corrected chi connectivity index (χ1v) is 4.72. The summed E-state index contributed by atoms with van der Waals surface area (Å²) in [5.41, 5.74) is 0.650. The van der Waals surface area contributed by atoms with Gasteiger partial charge in [-0.2, -0.15) is 4.98 Å². The maximum absolute atomic E-state index is 9.28. The fourth-order valence-electron chi connectivity index (χ4n) is 1.23. The molecule has 1 atom stereocenters. The molecule has 0 spiro atoms. The number of nitrogens with zero attached hydrogens (tertiary/aromatic N) is 3. The van der Waals surface area contributed by atoms with E-state index < -0.39 is 6.10 Å². The molecule has 0 saturated heterocycles. The molecule has 0 radical (unpaired) electrons. The summed E-state index contributed by atoms with van der Waals surface area (Å²) in [4.78, 5) is 7.97. The van der Waals surface area contributed by atoms with Gasteiger partial charge < -0.3 is 14.4 Å². The minimum atomic E-state index is -0.759. The Morgan fingerprint density at radius 3 is 2.94 bits per heavy atom. The Balaban J connectivity index is 2.42. The van der Waals surface area contributed by atoms with Crippen molar-refractivity contribution in [3.63, 3.8) is 0 Å². The predicted molar refractivity (Wildman–Crippen MR) is 54.7 cm³/mol. The Labute approximate surface area is 91.9 Å². The van der Waals surface area contributed by atoms with Gasteiger partial charge in [0.2, 0.25) is 0 Å². The van der Waals surface area contributed by atoms with Crippen LogP contribution in [0.3, 0.4) is 0 Å². The number of hydrogen-bond donors (Lipinski definition) is 1. The lowest BCUT2D eigenvalue weighted by Crippen LogP contribution is -1.93. The van der Waals surface area contributed by atoms with E-state index in [9.17, 15) is 5.11 Å². The number of aliphatic hydroxyl groups is 1. The summed E-state index contributed by atoms with van der Waals surface area (Å²) in [7, 11) is 1.53. The van der Waals surface area contributed by atoms with Gasteiger partial charge >= 0.3 is 0 Å². The summed E-state index contributed by atoms with van der Waals surface area (Å²) in [6.07, 6.45) is 2.40. The molecular formula is C10H11N3O3. The topological polar surface area (TPSA) is 81.3 Å². The summed E-state index contributed by atoms with van der Waals surface area (Å²) in [5, 5.41) is 12.9. The number of ether oxygens (including phenoxy) is 1. The van der Waals surface area contributed by atoms with Gasteiger partial charge in [0, 0.05) is 6.20 Å². The van der Waals surface area contributed by atoms with Crippen LogP contribution >= 0.6 is 0 Å². The van der Waals surface area contributed by atoms with Gasteiger partial charge in [0.15, 0.2) is 5.82 Å². The maximum atomic E-state index is 9.28. The quantitative estimate of drug-likeness (QED) is 0.838. The number of aromatic nitrogens is 3. The highest BCUT2D eigenvalue weighted by Gasteiger charge is 2.15. The van der Waals surface area contributed by atoms with Crippen LogP contribution in [0.4, 0.5) is 0 Å². The minimum Gasteiger partial charge on any atom is -0.494 e. The molecule has 0 bridgehead atoms. The van der Waals surface area contributed by atoms with Gasteiger partial charge in [0.1, 0.15) is 11.9 Å². The van der Waals surface area contributed by atoms with Crippen molar-refractivity contribution in [3.05, 3.63) is 24.3 Å². The highest BCUT2D eigenvalue weighted by molar-refractivity contribution is 5.61. The van der Waals surface area contributed by atoms with E-state index in [-0.39, 0.29) is 5.82 Å². The zero-order valence-corrected chi connectivity index (χ0v) is 8.91. The lowest BCUT2D eigenvalue weighted by Gasteiger charge is -2.02. The summed E-state index contributed by atoms with van der Waals surface area (Å²) in [6, 6.07) is 1.71. The van der Waals surface area contributed by atoms with Crippen molar-refractivity contribution in [1.29, 1.82) is 0 Å². The normalized spacial score (nSPS) is 12.4. The van der Waals surface area contributed by atoms with E-state index in [4.69, 9.17) is 9.26 Å². The third-order valence-electron chi connectivity index (χ3n) is 2.05. The SMILES string of the molecule is COc1cnccc1-c1nc(C(C)O)no1. The van der Waals surface area contributed by atoms with E-state index in [0.717, 1.165) is 0 Å². The number of pyridine rings is 1. The molecule has 0 saturated carbocycles. The van der Waals surface area contributed by atoms with Crippen LogP contribution in [-0.2, 0) is 0 Å². The molecule has 2 rings (SSSR count). The molecule has 0 aliphatic carbocycles. The van der Waals surface area contributed by atoms with E-state index in [1.807, 2.05) is 0 Å². The van der Waals surface area contributed by atoms with Crippen LogP contribution in [0.2, 0.25) is 0 Å². The van der Waals surface area contributed by atoms with Crippen LogP contribution in [0.1, 0.15) is 18.9 Å². The Morgan fingerprint density at radius 1 is 1.50 bits per heavy atom. The first-order valence-electron chi connectivity index (χ1n) is 4.72. The van der Waals surface area contributed by atoms with Gasteiger partial charge in [0.25, 0.3) is 5.89 Å². The molecule has 84 valence electrons. The lowest BCUT2D eigenvalue weighted by atomic mass is 10.2. The second-order valence-electron chi connectivity index (χ2n) is 3.21. The monoisotopic (exact) mass is 221 g/mol. The standard InChI is InChI=1S/C10H11N3O3/c1-6(14)9-12-10(16-13-9)7-3-4-11-5-8(7)15-2/h3-6,14H,1-2H3. The number of aliphatic hydroxyl groups excluding tert-OH is 1. The summed E-state index contributed by atoms with van der Waals surface area (Å²) < 4.78 is 10.1. The summed E-state index contributed by atoms with van der Waals surface area (Å²) in [6.45, 7) is 1.57. The Hall–Kier alpha value is -1.95.